The lowest BCUT2D eigenvalue weighted by atomic mass is 9.78. The maximum atomic E-state index is 14.0. The molecule has 1 aliphatic carbocycles. The van der Waals surface area contributed by atoms with Crippen molar-refractivity contribution in [2.75, 3.05) is 6.61 Å². The van der Waals surface area contributed by atoms with Gasteiger partial charge < -0.3 is 0 Å². The number of halogens is 1. The third-order valence-electron chi connectivity index (χ3n) is 6.46. The minimum absolute atomic E-state index is 0.0202. The molecular weight excluding hydrogens is 383 g/mol. The van der Waals surface area contributed by atoms with E-state index in [2.05, 4.69) is 15.0 Å². The van der Waals surface area contributed by atoms with E-state index in [1.807, 2.05) is 20.0 Å². The summed E-state index contributed by atoms with van der Waals surface area (Å²) >= 11 is 0. The molecule has 4 rings (SSSR count). The quantitative estimate of drug-likeness (QED) is 0.753. The minimum Gasteiger partial charge on any atom is -0.272 e. The number of hydroxylamine groups is 2. The van der Waals surface area contributed by atoms with Crippen LogP contribution in [0.2, 0.25) is 0 Å². The molecule has 1 saturated heterocycles. The van der Waals surface area contributed by atoms with Crippen LogP contribution in [0.25, 0.3) is 0 Å². The number of aryl methyl sites for hydroxylation is 3. The Morgan fingerprint density at radius 3 is 2.57 bits per heavy atom. The molecule has 2 aromatic rings. The van der Waals surface area contributed by atoms with Gasteiger partial charge in [-0.25, -0.2) is 19.4 Å². The van der Waals surface area contributed by atoms with Crippen LogP contribution in [0.3, 0.4) is 0 Å². The van der Waals surface area contributed by atoms with Gasteiger partial charge in [0.15, 0.2) is 0 Å². The molecule has 0 spiro atoms. The Morgan fingerprint density at radius 1 is 1.10 bits per heavy atom. The Morgan fingerprint density at radius 2 is 1.87 bits per heavy atom. The van der Waals surface area contributed by atoms with Crippen molar-refractivity contribution in [3.05, 3.63) is 52.6 Å². The van der Waals surface area contributed by atoms with Crippen molar-refractivity contribution >= 4 is 5.91 Å². The van der Waals surface area contributed by atoms with Crippen LogP contribution >= 0.6 is 0 Å². The molecular formula is C23H29FN4O2. The lowest BCUT2D eigenvalue weighted by Gasteiger charge is -2.32. The predicted octanol–water partition coefficient (Wildman–Crippen LogP) is 4.19. The number of rotatable bonds is 4. The summed E-state index contributed by atoms with van der Waals surface area (Å²) in [6.45, 7) is 6.04. The van der Waals surface area contributed by atoms with Crippen LogP contribution < -0.4 is 0 Å². The molecule has 6 nitrogen and oxygen atoms in total. The highest BCUT2D eigenvalue weighted by molar-refractivity contribution is 5.78. The predicted molar refractivity (Wildman–Crippen MR) is 110 cm³/mol. The summed E-state index contributed by atoms with van der Waals surface area (Å²) in [4.78, 5) is 31.7. The van der Waals surface area contributed by atoms with Gasteiger partial charge in [-0.1, -0.05) is 0 Å². The van der Waals surface area contributed by atoms with Gasteiger partial charge in [0.05, 0.1) is 18.3 Å². The molecule has 0 unspecified atom stereocenters. The number of carbonyl (C=O) groups is 1. The highest BCUT2D eigenvalue weighted by atomic mass is 19.1. The molecule has 1 amide bonds. The number of pyridine rings is 1. The van der Waals surface area contributed by atoms with Crippen LogP contribution in [0, 0.1) is 38.4 Å². The Hall–Kier alpha value is -2.41. The summed E-state index contributed by atoms with van der Waals surface area (Å²) in [6.07, 6.45) is 8.92. The first kappa shape index (κ1) is 20.8. The molecule has 2 aromatic heterocycles. The van der Waals surface area contributed by atoms with Crippen LogP contribution in [0.4, 0.5) is 4.39 Å². The van der Waals surface area contributed by atoms with Gasteiger partial charge in [0.1, 0.15) is 11.6 Å². The Labute approximate surface area is 176 Å². The van der Waals surface area contributed by atoms with Crippen LogP contribution in [-0.4, -0.2) is 32.5 Å². The SMILES string of the molecule is Cc1ncc(C[C@H]2CC[C@H](C(=O)N3OCC[C@H]3c3cnc(C)c(F)c3)CC2)c(C)n1. The molecule has 160 valence electrons. The largest absolute Gasteiger partial charge is 0.272 e. The summed E-state index contributed by atoms with van der Waals surface area (Å²) in [7, 11) is 0. The summed E-state index contributed by atoms with van der Waals surface area (Å²) < 4.78 is 14.0. The van der Waals surface area contributed by atoms with E-state index in [0.717, 1.165) is 43.6 Å². The molecule has 0 radical (unpaired) electrons. The number of aromatic nitrogens is 3. The first-order valence-electron chi connectivity index (χ1n) is 10.8. The zero-order valence-corrected chi connectivity index (χ0v) is 17.9. The second-order valence-corrected chi connectivity index (χ2v) is 8.59. The average molecular weight is 413 g/mol. The van der Waals surface area contributed by atoms with Crippen molar-refractivity contribution in [2.45, 2.75) is 65.3 Å². The standard InChI is InChI=1S/C23H29FN4O2/c1-14-19(12-26-16(3)27-14)10-17-4-6-18(7-5-17)23(29)28-22(8-9-30-28)20-11-21(24)15(2)25-13-20/h11-13,17-18,22H,4-10H2,1-3H3/t17-,18-,22-/m0/s1. The van der Waals surface area contributed by atoms with Crippen LogP contribution in [0.5, 0.6) is 0 Å². The normalized spacial score (nSPS) is 24.3. The Kier molecular flexibility index (Phi) is 6.09. The first-order chi connectivity index (χ1) is 14.4. The maximum Gasteiger partial charge on any atom is 0.249 e. The van der Waals surface area contributed by atoms with Crippen LogP contribution in [-0.2, 0) is 16.1 Å². The van der Waals surface area contributed by atoms with Gasteiger partial charge in [-0.15, -0.1) is 0 Å². The molecule has 0 bridgehead atoms. The number of amides is 1. The van der Waals surface area contributed by atoms with E-state index in [1.165, 1.54) is 16.7 Å². The Bertz CT molecular complexity index is 927. The molecule has 0 aromatic carbocycles. The number of hydrogen-bond donors (Lipinski definition) is 0. The van der Waals surface area contributed by atoms with E-state index in [0.29, 0.717) is 30.2 Å². The zero-order chi connectivity index (χ0) is 21.3. The molecule has 0 N–H and O–H groups in total. The van der Waals surface area contributed by atoms with Gasteiger partial charge in [0, 0.05) is 30.4 Å². The molecule has 1 saturated carbocycles. The second-order valence-electron chi connectivity index (χ2n) is 8.59. The summed E-state index contributed by atoms with van der Waals surface area (Å²) in [5.41, 5.74) is 3.32. The highest BCUT2D eigenvalue weighted by Gasteiger charge is 2.37. The summed E-state index contributed by atoms with van der Waals surface area (Å²) in [6, 6.07) is 1.22. The topological polar surface area (TPSA) is 68.2 Å². The van der Waals surface area contributed by atoms with Gasteiger partial charge in [0.25, 0.3) is 0 Å². The van der Waals surface area contributed by atoms with Gasteiger partial charge in [-0.2, -0.15) is 0 Å². The molecule has 1 atom stereocenters. The van der Waals surface area contributed by atoms with E-state index in [-0.39, 0.29) is 23.7 Å². The number of hydrogen-bond acceptors (Lipinski definition) is 5. The van der Waals surface area contributed by atoms with Crippen molar-refractivity contribution in [1.82, 2.24) is 20.0 Å². The van der Waals surface area contributed by atoms with Gasteiger partial charge >= 0.3 is 0 Å². The van der Waals surface area contributed by atoms with E-state index < -0.39 is 0 Å². The fourth-order valence-corrected chi connectivity index (χ4v) is 4.61. The van der Waals surface area contributed by atoms with Crippen molar-refractivity contribution in [2.24, 2.45) is 11.8 Å². The number of carbonyl (C=O) groups excluding carboxylic acids is 1. The van der Waals surface area contributed by atoms with Gasteiger partial charge in [0.2, 0.25) is 5.91 Å². The summed E-state index contributed by atoms with van der Waals surface area (Å²) in [5.74, 6) is 0.981. The van der Waals surface area contributed by atoms with E-state index >= 15 is 0 Å². The fraction of sp³-hybridized carbons (Fsp3) is 0.565. The lowest BCUT2D eigenvalue weighted by molar-refractivity contribution is -0.183. The molecule has 1 aliphatic heterocycles. The molecule has 2 fully saturated rings. The second kappa shape index (κ2) is 8.76. The highest BCUT2D eigenvalue weighted by Crippen LogP contribution is 2.37. The number of nitrogens with zero attached hydrogens (tertiary/aromatic N) is 4. The van der Waals surface area contributed by atoms with Crippen LogP contribution in [0.1, 0.15) is 66.5 Å². The molecule has 30 heavy (non-hydrogen) atoms. The third kappa shape index (κ3) is 4.36. The Balaban J connectivity index is 1.37. The van der Waals surface area contributed by atoms with Gasteiger partial charge in [-0.05, 0) is 76.0 Å². The van der Waals surface area contributed by atoms with Crippen molar-refractivity contribution in [1.29, 1.82) is 0 Å². The molecule has 3 heterocycles. The van der Waals surface area contributed by atoms with Crippen LogP contribution in [0.15, 0.2) is 18.5 Å². The fourth-order valence-electron chi connectivity index (χ4n) is 4.61. The monoisotopic (exact) mass is 412 g/mol. The zero-order valence-electron chi connectivity index (χ0n) is 17.9. The average Bonchev–Trinajstić information content (AvgIpc) is 3.22. The van der Waals surface area contributed by atoms with E-state index in [4.69, 9.17) is 4.84 Å². The smallest absolute Gasteiger partial charge is 0.249 e. The van der Waals surface area contributed by atoms with Gasteiger partial charge in [-0.3, -0.25) is 14.6 Å². The van der Waals surface area contributed by atoms with E-state index in [1.54, 1.807) is 13.1 Å². The molecule has 2 aliphatic rings. The van der Waals surface area contributed by atoms with Crippen molar-refractivity contribution in [3.63, 3.8) is 0 Å². The maximum absolute atomic E-state index is 14.0. The molecule has 7 heteroatoms. The minimum atomic E-state index is -0.345. The lowest BCUT2D eigenvalue weighted by Crippen LogP contribution is -2.37. The van der Waals surface area contributed by atoms with E-state index in [9.17, 15) is 9.18 Å². The first-order valence-corrected chi connectivity index (χ1v) is 10.8. The summed E-state index contributed by atoms with van der Waals surface area (Å²) in [5, 5.41) is 1.48. The van der Waals surface area contributed by atoms with Crippen molar-refractivity contribution in [3.8, 4) is 0 Å². The third-order valence-corrected chi connectivity index (χ3v) is 6.46. The van der Waals surface area contributed by atoms with Crippen molar-refractivity contribution < 1.29 is 14.0 Å².